The van der Waals surface area contributed by atoms with E-state index in [0.717, 1.165) is 6.42 Å². The fourth-order valence-electron chi connectivity index (χ4n) is 3.90. The molecule has 0 aromatic rings. The van der Waals surface area contributed by atoms with Crippen LogP contribution in [0.4, 0.5) is 0 Å². The normalized spacial score (nSPS) is 22.1. The molecule has 2 aliphatic rings. The zero-order valence-electron chi connectivity index (χ0n) is 18.0. The summed E-state index contributed by atoms with van der Waals surface area (Å²) in [6.45, 7) is 0.600. The van der Waals surface area contributed by atoms with Crippen LogP contribution in [-0.2, 0) is 19.2 Å². The molecule has 4 atom stereocenters. The highest BCUT2D eigenvalue weighted by Gasteiger charge is 2.39. The molecule has 2 saturated heterocycles. The fourth-order valence-corrected chi connectivity index (χ4v) is 3.90. The molecule has 0 bridgehead atoms. The largest absolute Gasteiger partial charge is 0.480 e. The van der Waals surface area contributed by atoms with Gasteiger partial charge in [-0.3, -0.25) is 19.4 Å². The number of aliphatic imine (C=N–C) groups is 1. The monoisotopic (exact) mass is 455 g/mol. The van der Waals surface area contributed by atoms with Crippen molar-refractivity contribution in [3.8, 4) is 0 Å². The van der Waals surface area contributed by atoms with Gasteiger partial charge >= 0.3 is 5.97 Å². The lowest BCUT2D eigenvalue weighted by molar-refractivity contribution is -0.145. The molecular weight excluding hydrogens is 422 g/mol. The highest BCUT2D eigenvalue weighted by molar-refractivity contribution is 5.94. The third kappa shape index (κ3) is 7.05. The molecule has 13 nitrogen and oxygen atoms in total. The molecule has 13 heteroatoms. The Hall–Kier alpha value is -2.93. The number of nitrogens with zero attached hydrogens (tertiary/aromatic N) is 2. The van der Waals surface area contributed by atoms with Crippen molar-refractivity contribution in [3.63, 3.8) is 0 Å². The van der Waals surface area contributed by atoms with Gasteiger partial charge in [0.25, 0.3) is 0 Å². The van der Waals surface area contributed by atoms with Gasteiger partial charge in [-0.2, -0.15) is 0 Å². The van der Waals surface area contributed by atoms with Crippen molar-refractivity contribution in [2.24, 2.45) is 16.5 Å². The summed E-state index contributed by atoms with van der Waals surface area (Å²) in [6, 6.07) is -3.62. The Morgan fingerprint density at radius 2 is 1.81 bits per heavy atom. The maximum atomic E-state index is 12.9. The Kier molecular flexibility index (Phi) is 9.65. The van der Waals surface area contributed by atoms with Crippen molar-refractivity contribution in [1.29, 1.82) is 0 Å². The van der Waals surface area contributed by atoms with Crippen LogP contribution in [0.3, 0.4) is 0 Å². The van der Waals surface area contributed by atoms with E-state index in [1.807, 2.05) is 0 Å². The predicted molar refractivity (Wildman–Crippen MR) is 114 cm³/mol. The van der Waals surface area contributed by atoms with Crippen molar-refractivity contribution in [2.45, 2.75) is 62.7 Å². The summed E-state index contributed by atoms with van der Waals surface area (Å²) in [7, 11) is 0. The first-order chi connectivity index (χ1) is 15.2. The van der Waals surface area contributed by atoms with Crippen LogP contribution in [0.2, 0.25) is 0 Å². The molecule has 0 spiro atoms. The molecule has 32 heavy (non-hydrogen) atoms. The van der Waals surface area contributed by atoms with Gasteiger partial charge in [0, 0.05) is 13.1 Å². The number of carboxylic acid groups (broad SMARTS) is 1. The second kappa shape index (κ2) is 12.2. The number of likely N-dealkylation sites (tertiary alicyclic amines) is 1. The maximum absolute atomic E-state index is 12.9. The second-order valence-electron chi connectivity index (χ2n) is 7.93. The third-order valence-electron chi connectivity index (χ3n) is 5.57. The van der Waals surface area contributed by atoms with E-state index in [2.05, 4.69) is 20.9 Å². The highest BCUT2D eigenvalue weighted by atomic mass is 16.4. The molecule has 2 rings (SSSR count). The molecule has 0 aromatic carbocycles. The minimum atomic E-state index is -1.21. The molecule has 2 heterocycles. The van der Waals surface area contributed by atoms with Crippen molar-refractivity contribution in [1.82, 2.24) is 20.9 Å². The number of carbonyl (C=O) groups excluding carboxylic acids is 3. The molecule has 2 fully saturated rings. The van der Waals surface area contributed by atoms with Crippen molar-refractivity contribution in [2.75, 3.05) is 26.2 Å². The van der Waals surface area contributed by atoms with Gasteiger partial charge in [-0.15, -0.1) is 0 Å². The van der Waals surface area contributed by atoms with E-state index >= 15 is 0 Å². The Balaban J connectivity index is 1.96. The number of amides is 3. The van der Waals surface area contributed by atoms with Gasteiger partial charge < -0.3 is 42.5 Å². The number of aliphatic carboxylic acids is 1. The Bertz CT molecular complexity index is 721. The zero-order valence-corrected chi connectivity index (χ0v) is 18.0. The van der Waals surface area contributed by atoms with E-state index in [9.17, 15) is 29.4 Å². The number of rotatable bonds is 11. The Labute approximate surface area is 186 Å². The Morgan fingerprint density at radius 3 is 2.41 bits per heavy atom. The summed E-state index contributed by atoms with van der Waals surface area (Å²) in [5, 5.41) is 27.1. The molecule has 0 radical (unpaired) electrons. The summed E-state index contributed by atoms with van der Waals surface area (Å²) < 4.78 is 0. The first kappa shape index (κ1) is 25.3. The average Bonchev–Trinajstić information content (AvgIpc) is 3.45. The van der Waals surface area contributed by atoms with E-state index in [-0.39, 0.29) is 31.4 Å². The summed E-state index contributed by atoms with van der Waals surface area (Å²) >= 11 is 0. The number of aliphatic hydroxyl groups is 1. The van der Waals surface area contributed by atoms with Gasteiger partial charge in [-0.25, -0.2) is 4.79 Å². The SMILES string of the molecule is NC(N)=NCCC[C@H](NC(=O)[C@@H]1CCCN1C(=O)[C@H](CO)NC(=O)[C@@H]1CCCN1)C(=O)O. The number of nitrogens with two attached hydrogens (primary N) is 2. The summed E-state index contributed by atoms with van der Waals surface area (Å²) in [5.41, 5.74) is 10.5. The number of aliphatic hydroxyl groups excluding tert-OH is 1. The number of hydrogen-bond acceptors (Lipinski definition) is 7. The summed E-state index contributed by atoms with van der Waals surface area (Å²) in [6.07, 6.45) is 2.85. The summed E-state index contributed by atoms with van der Waals surface area (Å²) in [4.78, 5) is 54.6. The predicted octanol–water partition coefficient (Wildman–Crippen LogP) is -3.17. The standard InChI is InChI=1S/C19H33N7O6/c20-19(21)23-8-2-5-12(18(31)32)24-16(29)14-6-3-9-26(14)17(30)13(10-27)25-15(28)11-4-1-7-22-11/h11-14,22,27H,1-10H2,(H,24,29)(H,25,28)(H,31,32)(H4,20,21,23)/t11-,12-,13-,14-/m0/s1. The minimum absolute atomic E-state index is 0.102. The van der Waals surface area contributed by atoms with E-state index in [1.165, 1.54) is 4.90 Å². The van der Waals surface area contributed by atoms with E-state index in [1.54, 1.807) is 0 Å². The fraction of sp³-hybridized carbons (Fsp3) is 0.737. The van der Waals surface area contributed by atoms with Crippen LogP contribution in [0.5, 0.6) is 0 Å². The lowest BCUT2D eigenvalue weighted by Crippen LogP contribution is -2.57. The van der Waals surface area contributed by atoms with Gasteiger partial charge in [0.1, 0.15) is 18.1 Å². The quantitative estimate of drug-likeness (QED) is 0.0949. The van der Waals surface area contributed by atoms with Gasteiger partial charge in [-0.05, 0) is 45.1 Å². The number of nitrogens with one attached hydrogen (secondary N) is 3. The van der Waals surface area contributed by atoms with Crippen LogP contribution in [0.15, 0.2) is 4.99 Å². The van der Waals surface area contributed by atoms with Gasteiger partial charge in [-0.1, -0.05) is 0 Å². The molecule has 2 aliphatic heterocycles. The smallest absolute Gasteiger partial charge is 0.326 e. The first-order valence-corrected chi connectivity index (χ1v) is 10.8. The Morgan fingerprint density at radius 1 is 1.09 bits per heavy atom. The third-order valence-corrected chi connectivity index (χ3v) is 5.57. The van der Waals surface area contributed by atoms with Crippen LogP contribution < -0.4 is 27.4 Å². The first-order valence-electron chi connectivity index (χ1n) is 10.8. The van der Waals surface area contributed by atoms with Crippen LogP contribution in [-0.4, -0.2) is 95.2 Å². The number of carbonyl (C=O) groups is 4. The van der Waals surface area contributed by atoms with Crippen LogP contribution in [0.25, 0.3) is 0 Å². The van der Waals surface area contributed by atoms with E-state index in [0.29, 0.717) is 32.2 Å². The number of carboxylic acids is 1. The van der Waals surface area contributed by atoms with Gasteiger partial charge in [0.15, 0.2) is 5.96 Å². The van der Waals surface area contributed by atoms with Crippen molar-refractivity contribution < 1.29 is 29.4 Å². The summed E-state index contributed by atoms with van der Waals surface area (Å²) in [5.74, 6) is -2.85. The molecule has 0 saturated carbocycles. The molecule has 0 unspecified atom stereocenters. The molecular formula is C19H33N7O6. The second-order valence-corrected chi connectivity index (χ2v) is 7.93. The average molecular weight is 456 g/mol. The van der Waals surface area contributed by atoms with Crippen molar-refractivity contribution in [3.05, 3.63) is 0 Å². The minimum Gasteiger partial charge on any atom is -0.480 e. The number of hydrogen-bond donors (Lipinski definition) is 7. The van der Waals surface area contributed by atoms with E-state index < -0.39 is 48.6 Å². The van der Waals surface area contributed by atoms with Gasteiger partial charge in [0.2, 0.25) is 17.7 Å². The zero-order chi connectivity index (χ0) is 23.7. The molecule has 3 amide bonds. The number of guanidine groups is 1. The molecule has 0 aromatic heterocycles. The van der Waals surface area contributed by atoms with Gasteiger partial charge in [0.05, 0.1) is 12.6 Å². The molecule has 9 N–H and O–H groups in total. The lowest BCUT2D eigenvalue weighted by Gasteiger charge is -2.29. The molecule has 180 valence electrons. The lowest BCUT2D eigenvalue weighted by atomic mass is 10.1. The highest BCUT2D eigenvalue weighted by Crippen LogP contribution is 2.19. The van der Waals surface area contributed by atoms with Crippen LogP contribution in [0, 0.1) is 0 Å². The van der Waals surface area contributed by atoms with E-state index in [4.69, 9.17) is 11.5 Å². The topological polar surface area (TPSA) is 212 Å². The van der Waals surface area contributed by atoms with Crippen LogP contribution in [0.1, 0.15) is 38.5 Å². The maximum Gasteiger partial charge on any atom is 0.326 e. The molecule has 0 aliphatic carbocycles. The van der Waals surface area contributed by atoms with Crippen molar-refractivity contribution >= 4 is 29.7 Å². The van der Waals surface area contributed by atoms with Crippen LogP contribution >= 0.6 is 0 Å².